The van der Waals surface area contributed by atoms with Crippen molar-refractivity contribution in [3.8, 4) is 11.3 Å². The highest BCUT2D eigenvalue weighted by atomic mass is 19.4. The second kappa shape index (κ2) is 12.2. The SMILES string of the molecule is Cc1cccc(F)c1.Cc1ncc(-c2cc(C3CCCCC3)c(=O)n(Cc3nccnc3C(F)(F)F)n2)cn1. The number of halogens is 4. The van der Waals surface area contributed by atoms with Crippen LogP contribution in [-0.4, -0.2) is 29.7 Å². The molecule has 0 amide bonds. The predicted molar refractivity (Wildman–Crippen MR) is 137 cm³/mol. The van der Waals surface area contributed by atoms with Crippen LogP contribution in [-0.2, 0) is 12.7 Å². The van der Waals surface area contributed by atoms with E-state index in [1.54, 1.807) is 31.5 Å². The van der Waals surface area contributed by atoms with Crippen LogP contribution in [0.3, 0.4) is 0 Å². The molecule has 3 aromatic heterocycles. The van der Waals surface area contributed by atoms with Gasteiger partial charge in [0.05, 0.1) is 17.9 Å². The van der Waals surface area contributed by atoms with Crippen molar-refractivity contribution in [2.75, 3.05) is 0 Å². The lowest BCUT2D eigenvalue weighted by atomic mass is 9.84. The van der Waals surface area contributed by atoms with Crippen LogP contribution in [0, 0.1) is 19.7 Å². The zero-order valence-corrected chi connectivity index (χ0v) is 21.6. The summed E-state index contributed by atoms with van der Waals surface area (Å²) < 4.78 is 53.4. The molecular weight excluding hydrogens is 512 g/mol. The van der Waals surface area contributed by atoms with Gasteiger partial charge in [-0.25, -0.2) is 24.0 Å². The fraction of sp³-hybridized carbons (Fsp3) is 0.357. The normalized spacial score (nSPS) is 14.0. The minimum Gasteiger partial charge on any atom is -0.267 e. The first-order valence-corrected chi connectivity index (χ1v) is 12.6. The molecule has 39 heavy (non-hydrogen) atoms. The van der Waals surface area contributed by atoms with Crippen molar-refractivity contribution in [3.05, 3.63) is 99.6 Å². The molecule has 0 atom stereocenters. The van der Waals surface area contributed by atoms with E-state index in [2.05, 4.69) is 25.0 Å². The Balaban J connectivity index is 0.000000379. The lowest BCUT2D eigenvalue weighted by Gasteiger charge is -2.22. The van der Waals surface area contributed by atoms with E-state index in [9.17, 15) is 22.4 Å². The zero-order chi connectivity index (χ0) is 28.0. The first-order chi connectivity index (χ1) is 18.6. The first-order valence-electron chi connectivity index (χ1n) is 12.6. The molecular formula is C28H28F4N6O. The fourth-order valence-electron chi connectivity index (χ4n) is 4.51. The monoisotopic (exact) mass is 540 g/mol. The largest absolute Gasteiger partial charge is 0.435 e. The third-order valence-electron chi connectivity index (χ3n) is 6.45. The molecule has 0 bridgehead atoms. The van der Waals surface area contributed by atoms with Gasteiger partial charge in [0.2, 0.25) is 0 Å². The van der Waals surface area contributed by atoms with Crippen molar-refractivity contribution in [1.29, 1.82) is 0 Å². The van der Waals surface area contributed by atoms with Gasteiger partial charge in [0, 0.05) is 35.9 Å². The molecule has 0 saturated heterocycles. The molecule has 0 radical (unpaired) electrons. The third kappa shape index (κ3) is 7.30. The van der Waals surface area contributed by atoms with E-state index in [0.717, 1.165) is 48.5 Å². The second-order valence-electron chi connectivity index (χ2n) is 9.45. The zero-order valence-electron chi connectivity index (χ0n) is 21.6. The Morgan fingerprint density at radius 2 is 1.64 bits per heavy atom. The van der Waals surface area contributed by atoms with Gasteiger partial charge in [-0.15, -0.1) is 0 Å². The van der Waals surface area contributed by atoms with Crippen LogP contribution in [0.15, 0.2) is 59.9 Å². The summed E-state index contributed by atoms with van der Waals surface area (Å²) >= 11 is 0. The van der Waals surface area contributed by atoms with Gasteiger partial charge in [-0.2, -0.15) is 18.3 Å². The highest BCUT2D eigenvalue weighted by Gasteiger charge is 2.36. The van der Waals surface area contributed by atoms with Crippen molar-refractivity contribution >= 4 is 0 Å². The minimum absolute atomic E-state index is 0.0459. The number of nitrogens with zero attached hydrogens (tertiary/aromatic N) is 6. The summed E-state index contributed by atoms with van der Waals surface area (Å²) in [7, 11) is 0. The molecule has 1 fully saturated rings. The van der Waals surface area contributed by atoms with Gasteiger partial charge in [-0.1, -0.05) is 31.4 Å². The summed E-state index contributed by atoms with van der Waals surface area (Å²) in [4.78, 5) is 28.8. The molecule has 0 unspecified atom stereocenters. The molecule has 1 saturated carbocycles. The smallest absolute Gasteiger partial charge is 0.267 e. The van der Waals surface area contributed by atoms with Crippen molar-refractivity contribution < 1.29 is 17.6 Å². The van der Waals surface area contributed by atoms with Gasteiger partial charge in [-0.3, -0.25) is 9.78 Å². The molecule has 4 aromatic rings. The molecule has 204 valence electrons. The van der Waals surface area contributed by atoms with Crippen LogP contribution >= 0.6 is 0 Å². The minimum atomic E-state index is -4.68. The average molecular weight is 541 g/mol. The number of hydrogen-bond donors (Lipinski definition) is 0. The Hall–Kier alpha value is -4.02. The highest BCUT2D eigenvalue weighted by molar-refractivity contribution is 5.57. The molecule has 1 aromatic carbocycles. The summed E-state index contributed by atoms with van der Waals surface area (Å²) in [5.74, 6) is 0.466. The summed E-state index contributed by atoms with van der Waals surface area (Å²) in [6.45, 7) is 3.18. The maximum atomic E-state index is 13.4. The van der Waals surface area contributed by atoms with Gasteiger partial charge in [0.15, 0.2) is 5.69 Å². The predicted octanol–water partition coefficient (Wildman–Crippen LogP) is 6.05. The Labute approximate surface area is 223 Å². The molecule has 5 rings (SSSR count). The number of aromatic nitrogens is 6. The van der Waals surface area contributed by atoms with Crippen LogP contribution in [0.1, 0.15) is 66.4 Å². The van der Waals surface area contributed by atoms with Crippen molar-refractivity contribution in [2.45, 2.75) is 64.6 Å². The lowest BCUT2D eigenvalue weighted by Crippen LogP contribution is -2.30. The summed E-state index contributed by atoms with van der Waals surface area (Å²) in [5.41, 5.74) is 0.683. The molecule has 0 aliphatic heterocycles. The maximum absolute atomic E-state index is 13.4. The van der Waals surface area contributed by atoms with E-state index in [1.807, 2.05) is 13.0 Å². The fourth-order valence-corrected chi connectivity index (χ4v) is 4.51. The molecule has 1 aliphatic rings. The first kappa shape index (κ1) is 28.0. The lowest BCUT2D eigenvalue weighted by molar-refractivity contribution is -0.142. The summed E-state index contributed by atoms with van der Waals surface area (Å²) in [6, 6.07) is 8.23. The standard InChI is InChI=1S/C21H21F3N6O.C7H7F/c1-13-27-10-15(11-28-13)17-9-16(14-5-3-2-4-6-14)20(31)30(29-17)12-18-19(21(22,23)24)26-8-7-25-18;1-6-3-2-4-7(8)5-6/h7-11,14H,2-6,12H2,1H3;2-5H,1H3. The van der Waals surface area contributed by atoms with Crippen molar-refractivity contribution in [3.63, 3.8) is 0 Å². The van der Waals surface area contributed by atoms with Gasteiger partial charge in [0.1, 0.15) is 11.6 Å². The van der Waals surface area contributed by atoms with E-state index in [0.29, 0.717) is 22.6 Å². The summed E-state index contributed by atoms with van der Waals surface area (Å²) in [6.07, 6.45) is 5.52. The van der Waals surface area contributed by atoms with E-state index >= 15 is 0 Å². The van der Waals surface area contributed by atoms with E-state index < -0.39 is 24.0 Å². The molecule has 1 aliphatic carbocycles. The molecule has 0 spiro atoms. The van der Waals surface area contributed by atoms with Crippen LogP contribution in [0.2, 0.25) is 0 Å². The maximum Gasteiger partial charge on any atom is 0.435 e. The molecule has 7 nitrogen and oxygen atoms in total. The van der Waals surface area contributed by atoms with E-state index in [-0.39, 0.29) is 17.4 Å². The molecule has 3 heterocycles. The Morgan fingerprint density at radius 1 is 0.949 bits per heavy atom. The van der Waals surface area contributed by atoms with Crippen LogP contribution in [0.4, 0.5) is 17.6 Å². The second-order valence-corrected chi connectivity index (χ2v) is 9.45. The third-order valence-corrected chi connectivity index (χ3v) is 6.45. The van der Waals surface area contributed by atoms with Crippen molar-refractivity contribution in [2.24, 2.45) is 0 Å². The Kier molecular flexibility index (Phi) is 8.78. The molecule has 0 N–H and O–H groups in total. The quantitative estimate of drug-likeness (QED) is 0.293. The number of alkyl halides is 3. The van der Waals surface area contributed by atoms with Crippen LogP contribution in [0.25, 0.3) is 11.3 Å². The number of benzene rings is 1. The highest BCUT2D eigenvalue weighted by Crippen LogP contribution is 2.33. The van der Waals surface area contributed by atoms with E-state index in [4.69, 9.17) is 0 Å². The topological polar surface area (TPSA) is 86.5 Å². The number of aryl methyl sites for hydroxylation is 2. The average Bonchev–Trinajstić information content (AvgIpc) is 2.91. The van der Waals surface area contributed by atoms with Gasteiger partial charge in [0.25, 0.3) is 5.56 Å². The van der Waals surface area contributed by atoms with Gasteiger partial charge >= 0.3 is 6.18 Å². The van der Waals surface area contributed by atoms with Crippen LogP contribution in [0.5, 0.6) is 0 Å². The van der Waals surface area contributed by atoms with Crippen LogP contribution < -0.4 is 5.56 Å². The van der Waals surface area contributed by atoms with Gasteiger partial charge in [-0.05, 0) is 56.4 Å². The Morgan fingerprint density at radius 3 is 2.26 bits per heavy atom. The molecule has 11 heteroatoms. The Bertz CT molecular complexity index is 1450. The van der Waals surface area contributed by atoms with E-state index in [1.165, 1.54) is 18.3 Å². The number of hydrogen-bond acceptors (Lipinski definition) is 6. The summed E-state index contributed by atoms with van der Waals surface area (Å²) in [5, 5.41) is 4.34. The van der Waals surface area contributed by atoms with Gasteiger partial charge < -0.3 is 0 Å². The number of rotatable bonds is 4. The van der Waals surface area contributed by atoms with Crippen molar-refractivity contribution in [1.82, 2.24) is 29.7 Å².